The maximum absolute atomic E-state index is 14.6. The molecule has 0 radical (unpaired) electrons. The van der Waals surface area contributed by atoms with Crippen molar-refractivity contribution >= 4 is 35.0 Å². The first kappa shape index (κ1) is 46.6. The van der Waals surface area contributed by atoms with Gasteiger partial charge in [-0.15, -0.1) is 0 Å². The molecule has 2 amide bonds. The predicted octanol–water partition coefficient (Wildman–Crippen LogP) is 5.11. The molecule has 0 saturated heterocycles. The lowest BCUT2D eigenvalue weighted by molar-refractivity contribution is -0.142. The molecule has 1 aliphatic heterocycles. The predicted molar refractivity (Wildman–Crippen MR) is 235 cm³/mol. The number of nitriles is 1. The van der Waals surface area contributed by atoms with Gasteiger partial charge in [0.1, 0.15) is 30.0 Å². The van der Waals surface area contributed by atoms with E-state index in [0.717, 1.165) is 11.1 Å². The third-order valence-electron chi connectivity index (χ3n) is 11.2. The number of benzene rings is 3. The number of nitrogens with zero attached hydrogens (tertiary/aromatic N) is 4. The van der Waals surface area contributed by atoms with Crippen LogP contribution in [0.3, 0.4) is 0 Å². The van der Waals surface area contributed by atoms with Crippen LogP contribution in [0.4, 0.5) is 5.82 Å². The second kappa shape index (κ2) is 20.8. The minimum Gasteiger partial charge on any atom is -0.507 e. The van der Waals surface area contributed by atoms with Crippen molar-refractivity contribution in [1.29, 1.82) is 5.26 Å². The van der Waals surface area contributed by atoms with Gasteiger partial charge in [-0.2, -0.15) is 5.26 Å². The monoisotopic (exact) mass is 844 g/mol. The summed E-state index contributed by atoms with van der Waals surface area (Å²) in [5.41, 5.74) is 22.1. The fourth-order valence-electron chi connectivity index (χ4n) is 7.77. The maximum atomic E-state index is 14.6. The molecule has 15 heteroatoms. The Bertz CT molecular complexity index is 2330. The normalized spacial score (nSPS) is 17.0. The highest BCUT2D eigenvalue weighted by Gasteiger charge is 2.36. The number of phenols is 1. The standard InChI is InChI=1S/C47H56N8O7/c1-26(2)30-9-11-31(12-10-30)45-52-28(4)42(44(51)54-45)39(58)25-33(16-18-49)47(61)55(5)43-32-13-15-41(62-20-19-50)35(24-32)34-22-29(8-14-37(34)56)23-36(38(57)7-6-17-48)53-46(60)27(3)21-40(43)59/h8-15,22,24,26-27,33,36,43,56H,6-7,16,18-21,23,25,49-50H2,1-5H3,(H,53,60)(H2,51,52,54)/t27-,33-,36+,43+/m1/s1. The second-order valence-electron chi connectivity index (χ2n) is 16.1. The molecule has 4 atom stereocenters. The zero-order valence-electron chi connectivity index (χ0n) is 35.9. The van der Waals surface area contributed by atoms with Crippen LogP contribution in [0, 0.1) is 30.1 Å². The van der Waals surface area contributed by atoms with E-state index in [0.29, 0.717) is 45.4 Å². The van der Waals surface area contributed by atoms with Crippen molar-refractivity contribution in [2.75, 3.05) is 32.5 Å². The van der Waals surface area contributed by atoms with Gasteiger partial charge in [-0.3, -0.25) is 24.0 Å². The number of aryl methyl sites for hydroxylation is 1. The molecular formula is C47H56N8O7. The topological polar surface area (TPSA) is 258 Å². The quantitative estimate of drug-likeness (QED) is 0.0976. The Kier molecular flexibility index (Phi) is 15.7. The summed E-state index contributed by atoms with van der Waals surface area (Å²) in [7, 11) is 1.45. The molecule has 1 aliphatic rings. The first-order valence-corrected chi connectivity index (χ1v) is 20.8. The number of carbonyl (C=O) groups excluding carboxylic acids is 5. The van der Waals surface area contributed by atoms with E-state index in [4.69, 9.17) is 27.2 Å². The Balaban J connectivity index is 1.54. The van der Waals surface area contributed by atoms with Gasteiger partial charge >= 0.3 is 0 Å². The van der Waals surface area contributed by atoms with Crippen molar-refractivity contribution < 1.29 is 33.8 Å². The average Bonchev–Trinajstić information content (AvgIpc) is 3.24. The van der Waals surface area contributed by atoms with E-state index < -0.39 is 47.3 Å². The molecule has 2 heterocycles. The van der Waals surface area contributed by atoms with Gasteiger partial charge in [-0.25, -0.2) is 9.97 Å². The third-order valence-corrected chi connectivity index (χ3v) is 11.2. The summed E-state index contributed by atoms with van der Waals surface area (Å²) in [6.45, 7) is 7.76. The number of likely N-dealkylation sites (N-methyl/N-ethyl adjacent to an activating group) is 1. The summed E-state index contributed by atoms with van der Waals surface area (Å²) >= 11 is 0. The highest BCUT2D eigenvalue weighted by molar-refractivity contribution is 6.03. The Labute approximate surface area is 362 Å². The number of ether oxygens (including phenoxy) is 1. The van der Waals surface area contributed by atoms with Crippen LogP contribution in [0.5, 0.6) is 11.5 Å². The number of aromatic hydroxyl groups is 1. The minimum absolute atomic E-state index is 0.0305. The first-order chi connectivity index (χ1) is 29.6. The summed E-state index contributed by atoms with van der Waals surface area (Å²) in [5, 5.41) is 23.2. The highest BCUT2D eigenvalue weighted by atomic mass is 16.5. The zero-order chi connectivity index (χ0) is 45.2. The number of carbonyl (C=O) groups is 5. The van der Waals surface area contributed by atoms with Crippen molar-refractivity contribution in [3.05, 3.63) is 88.6 Å². The van der Waals surface area contributed by atoms with Gasteiger partial charge in [0.2, 0.25) is 11.8 Å². The lowest BCUT2D eigenvalue weighted by atomic mass is 9.88. The number of nitrogens with two attached hydrogens (primary N) is 3. The smallest absolute Gasteiger partial charge is 0.226 e. The SMILES string of the molecule is Cc1nc(-c2ccc(C(C)C)cc2)nc(N)c1C(=O)C[C@@H](CCN)C(=O)N(C)[C@@H]1C(=O)C[C@@H](C)C(=O)N[C@H](C(=O)CCC#N)Cc2ccc(O)c(c2)-c2cc1ccc2OCCN. The molecular weight excluding hydrogens is 789 g/mol. The minimum atomic E-state index is -1.28. The molecule has 5 rings (SSSR count). The van der Waals surface area contributed by atoms with E-state index in [1.165, 1.54) is 18.0 Å². The van der Waals surface area contributed by atoms with Crippen molar-refractivity contribution in [1.82, 2.24) is 20.2 Å². The van der Waals surface area contributed by atoms with Crippen LogP contribution in [0.2, 0.25) is 0 Å². The summed E-state index contributed by atoms with van der Waals surface area (Å²) in [5.74, 6) is -3.53. The van der Waals surface area contributed by atoms with E-state index in [-0.39, 0.29) is 81.1 Å². The van der Waals surface area contributed by atoms with Gasteiger partial charge in [0.05, 0.1) is 23.4 Å². The van der Waals surface area contributed by atoms with Gasteiger partial charge in [0.15, 0.2) is 23.2 Å². The fraction of sp³-hybridized carbons (Fsp3) is 0.404. The third kappa shape index (κ3) is 10.9. The molecule has 0 aliphatic carbocycles. The molecule has 1 aromatic heterocycles. The lowest BCUT2D eigenvalue weighted by Gasteiger charge is -2.32. The Morgan fingerprint density at radius 3 is 2.37 bits per heavy atom. The van der Waals surface area contributed by atoms with Crippen molar-refractivity contribution in [3.63, 3.8) is 0 Å². The van der Waals surface area contributed by atoms with Crippen LogP contribution < -0.4 is 27.3 Å². The number of aromatic nitrogens is 2. The van der Waals surface area contributed by atoms with Gasteiger partial charge in [-0.1, -0.05) is 57.2 Å². The molecule has 0 spiro atoms. The first-order valence-electron chi connectivity index (χ1n) is 20.8. The molecule has 8 N–H and O–H groups in total. The molecule has 0 fully saturated rings. The van der Waals surface area contributed by atoms with E-state index in [1.54, 1.807) is 44.2 Å². The molecule has 4 aromatic rings. The van der Waals surface area contributed by atoms with Crippen LogP contribution in [-0.2, 0) is 25.6 Å². The van der Waals surface area contributed by atoms with E-state index in [2.05, 4.69) is 29.1 Å². The summed E-state index contributed by atoms with van der Waals surface area (Å²) in [6, 6.07) is 17.1. The summed E-state index contributed by atoms with van der Waals surface area (Å²) < 4.78 is 6.00. The summed E-state index contributed by atoms with van der Waals surface area (Å²) in [4.78, 5) is 80.6. The maximum Gasteiger partial charge on any atom is 0.226 e. The number of ketones is 3. The van der Waals surface area contributed by atoms with Crippen LogP contribution in [0.1, 0.15) is 97.6 Å². The number of nitrogens with one attached hydrogen (secondary N) is 1. The van der Waals surface area contributed by atoms with Crippen molar-refractivity contribution in [2.24, 2.45) is 23.3 Å². The molecule has 0 saturated carbocycles. The molecule has 4 bridgehead atoms. The number of amides is 2. The molecule has 15 nitrogen and oxygen atoms in total. The molecule has 3 aromatic carbocycles. The van der Waals surface area contributed by atoms with Gasteiger partial charge in [0, 0.05) is 67.8 Å². The van der Waals surface area contributed by atoms with Crippen LogP contribution >= 0.6 is 0 Å². The second-order valence-corrected chi connectivity index (χ2v) is 16.1. The highest BCUT2D eigenvalue weighted by Crippen LogP contribution is 2.40. The number of nitrogen functional groups attached to an aromatic ring is 1. The number of rotatable bonds is 15. The van der Waals surface area contributed by atoms with Crippen LogP contribution in [0.25, 0.3) is 22.5 Å². The molecule has 62 heavy (non-hydrogen) atoms. The van der Waals surface area contributed by atoms with Gasteiger partial charge < -0.3 is 37.3 Å². The zero-order valence-corrected chi connectivity index (χ0v) is 35.9. The van der Waals surface area contributed by atoms with E-state index in [9.17, 15) is 29.1 Å². The van der Waals surface area contributed by atoms with E-state index in [1.807, 2.05) is 30.3 Å². The van der Waals surface area contributed by atoms with E-state index >= 15 is 0 Å². The van der Waals surface area contributed by atoms with Crippen LogP contribution in [-0.4, -0.2) is 81.9 Å². The van der Waals surface area contributed by atoms with Gasteiger partial charge in [-0.05, 0) is 73.2 Å². The largest absolute Gasteiger partial charge is 0.507 e. The van der Waals surface area contributed by atoms with Crippen molar-refractivity contribution in [2.45, 2.75) is 84.2 Å². The summed E-state index contributed by atoms with van der Waals surface area (Å²) in [6.07, 6.45) is -0.641. The Morgan fingerprint density at radius 1 is 1.00 bits per heavy atom. The Hall–Kier alpha value is -6.50. The lowest BCUT2D eigenvalue weighted by Crippen LogP contribution is -2.46. The Morgan fingerprint density at radius 2 is 1.73 bits per heavy atom. The number of Topliss-reactive ketones (excluding diaryl/α,β-unsaturated/α-hetero) is 3. The number of hydrogen-bond donors (Lipinski definition) is 5. The van der Waals surface area contributed by atoms with Crippen LogP contribution in [0.15, 0.2) is 60.7 Å². The number of fused-ring (bicyclic) bond motifs is 5. The number of hydrogen-bond acceptors (Lipinski definition) is 13. The number of anilines is 1. The number of phenolic OH excluding ortho intramolecular Hbond substituents is 1. The molecule has 0 unspecified atom stereocenters. The fourth-order valence-corrected chi connectivity index (χ4v) is 7.77. The van der Waals surface area contributed by atoms with Crippen molar-refractivity contribution in [3.8, 4) is 40.1 Å². The van der Waals surface area contributed by atoms with Gasteiger partial charge in [0.25, 0.3) is 0 Å². The average molecular weight is 845 g/mol. The molecule has 326 valence electrons.